The van der Waals surface area contributed by atoms with Crippen LogP contribution in [0.2, 0.25) is 0 Å². The van der Waals surface area contributed by atoms with Crippen molar-refractivity contribution in [1.29, 1.82) is 0 Å². The second kappa shape index (κ2) is 9.11. The van der Waals surface area contributed by atoms with Crippen molar-refractivity contribution in [2.24, 2.45) is 0 Å². The van der Waals surface area contributed by atoms with Gasteiger partial charge in [-0.1, -0.05) is 94.0 Å². The lowest BCUT2D eigenvalue weighted by atomic mass is 9.70. The highest BCUT2D eigenvalue weighted by Crippen LogP contribution is 2.53. The summed E-state index contributed by atoms with van der Waals surface area (Å²) in [5.41, 5.74) is 17.1. The van der Waals surface area contributed by atoms with Crippen LogP contribution in [0, 0.1) is 0 Å². The number of nitrogens with zero attached hydrogens (tertiary/aromatic N) is 2. The van der Waals surface area contributed by atoms with E-state index in [0.717, 1.165) is 32.1 Å². The lowest BCUT2D eigenvalue weighted by molar-refractivity contribution is 0.597. The maximum Gasteiger partial charge on any atom is 0.0541 e. The number of aromatic nitrogens is 1. The molecule has 0 saturated carbocycles. The summed E-state index contributed by atoms with van der Waals surface area (Å²) in [6, 6.07) is 23.1. The number of hydrogen-bond acceptors (Lipinski definition) is 1. The molecule has 0 radical (unpaired) electrons. The van der Waals surface area contributed by atoms with Crippen LogP contribution in [0.5, 0.6) is 0 Å². The molecule has 2 heterocycles. The number of hydrogen-bond donors (Lipinski definition) is 0. The molecule has 1 aliphatic heterocycles. The van der Waals surface area contributed by atoms with E-state index >= 15 is 0 Å². The molecule has 9 rings (SSSR count). The van der Waals surface area contributed by atoms with E-state index in [1.54, 1.807) is 5.57 Å². The molecule has 0 amide bonds. The topological polar surface area (TPSA) is 8.17 Å². The predicted molar refractivity (Wildman–Crippen MR) is 187 cm³/mol. The van der Waals surface area contributed by atoms with Gasteiger partial charge in [0.15, 0.2) is 0 Å². The Labute approximate surface area is 261 Å². The Balaban J connectivity index is 1.21. The van der Waals surface area contributed by atoms with Crippen LogP contribution in [-0.2, 0) is 10.8 Å². The Kier molecular flexibility index (Phi) is 5.41. The number of allylic oxidation sites excluding steroid dienone is 11. The van der Waals surface area contributed by atoms with Gasteiger partial charge in [-0.25, -0.2) is 0 Å². The lowest BCUT2D eigenvalue weighted by Gasteiger charge is -2.46. The van der Waals surface area contributed by atoms with Crippen LogP contribution < -0.4 is 4.90 Å². The van der Waals surface area contributed by atoms with Crippen molar-refractivity contribution in [1.82, 2.24) is 4.57 Å². The fraction of sp³-hybridized carbons (Fsp3) is 0.286. The summed E-state index contributed by atoms with van der Waals surface area (Å²) < 4.78 is 2.57. The third kappa shape index (κ3) is 3.43. The van der Waals surface area contributed by atoms with E-state index in [2.05, 4.69) is 134 Å². The van der Waals surface area contributed by atoms with Crippen molar-refractivity contribution < 1.29 is 0 Å². The molecule has 0 spiro atoms. The molecule has 0 atom stereocenters. The smallest absolute Gasteiger partial charge is 0.0541 e. The first-order valence-electron chi connectivity index (χ1n) is 16.5. The SMILES string of the molecule is CC1(C)C2=C(C=CCC2)c2cc3c4ccccc4n(C4=CC=C(N5C6=CCCC=C6C(C)(C)c6ccccc65)CC4)c3cc21. The van der Waals surface area contributed by atoms with Gasteiger partial charge in [0.1, 0.15) is 0 Å². The van der Waals surface area contributed by atoms with E-state index in [0.29, 0.717) is 0 Å². The molecule has 0 saturated heterocycles. The van der Waals surface area contributed by atoms with Crippen molar-refractivity contribution >= 4 is 38.8 Å². The van der Waals surface area contributed by atoms with E-state index < -0.39 is 0 Å². The van der Waals surface area contributed by atoms with E-state index in [4.69, 9.17) is 0 Å². The summed E-state index contributed by atoms with van der Waals surface area (Å²) in [7, 11) is 0. The number of rotatable bonds is 2. The minimum absolute atomic E-state index is 0.0104. The summed E-state index contributed by atoms with van der Waals surface area (Å²) in [4.78, 5) is 2.57. The zero-order chi connectivity index (χ0) is 29.8. The molecule has 4 aromatic rings. The second-order valence-corrected chi connectivity index (χ2v) is 14.3. The lowest BCUT2D eigenvalue weighted by Crippen LogP contribution is -2.38. The van der Waals surface area contributed by atoms with Gasteiger partial charge < -0.3 is 9.47 Å². The number of anilines is 1. The zero-order valence-electron chi connectivity index (χ0n) is 26.4. The summed E-state index contributed by atoms with van der Waals surface area (Å²) in [5.74, 6) is 0. The van der Waals surface area contributed by atoms with Crippen LogP contribution >= 0.6 is 0 Å². The number of para-hydroxylation sites is 2. The summed E-state index contributed by atoms with van der Waals surface area (Å²) in [5, 5.41) is 2.72. The highest BCUT2D eigenvalue weighted by atomic mass is 15.2. The quantitative estimate of drug-likeness (QED) is 0.232. The molecule has 5 aliphatic rings. The Bertz CT molecular complexity index is 2110. The second-order valence-electron chi connectivity index (χ2n) is 14.3. The minimum atomic E-state index is 0.0104. The van der Waals surface area contributed by atoms with Crippen molar-refractivity contribution in [3.05, 3.63) is 136 Å². The molecule has 218 valence electrons. The third-order valence-electron chi connectivity index (χ3n) is 11.2. The molecule has 1 aromatic heterocycles. The van der Waals surface area contributed by atoms with Crippen LogP contribution in [0.25, 0.3) is 33.1 Å². The molecule has 0 bridgehead atoms. The summed E-state index contributed by atoms with van der Waals surface area (Å²) in [6.07, 6.45) is 21.1. The first-order chi connectivity index (χ1) is 21.4. The maximum absolute atomic E-state index is 2.57. The molecule has 44 heavy (non-hydrogen) atoms. The summed E-state index contributed by atoms with van der Waals surface area (Å²) >= 11 is 0. The molecule has 3 aromatic carbocycles. The highest BCUT2D eigenvalue weighted by molar-refractivity contribution is 6.12. The van der Waals surface area contributed by atoms with Gasteiger partial charge in [0, 0.05) is 44.4 Å². The van der Waals surface area contributed by atoms with Gasteiger partial charge in [-0.15, -0.1) is 0 Å². The van der Waals surface area contributed by atoms with Crippen LogP contribution in [0.15, 0.2) is 120 Å². The van der Waals surface area contributed by atoms with Crippen LogP contribution in [0.4, 0.5) is 5.69 Å². The third-order valence-corrected chi connectivity index (χ3v) is 11.2. The van der Waals surface area contributed by atoms with Crippen LogP contribution in [0.1, 0.15) is 82.9 Å². The first-order valence-corrected chi connectivity index (χ1v) is 16.5. The monoisotopic (exact) mass is 572 g/mol. The van der Waals surface area contributed by atoms with E-state index in [1.165, 1.54) is 78.8 Å². The minimum Gasteiger partial charge on any atom is -0.314 e. The molecule has 2 heteroatoms. The van der Waals surface area contributed by atoms with Gasteiger partial charge in [-0.3, -0.25) is 0 Å². The van der Waals surface area contributed by atoms with Crippen molar-refractivity contribution in [3.63, 3.8) is 0 Å². The van der Waals surface area contributed by atoms with Crippen LogP contribution in [-0.4, -0.2) is 4.57 Å². The Morgan fingerprint density at radius 1 is 0.659 bits per heavy atom. The normalized spacial score (nSPS) is 21.3. The molecule has 0 N–H and O–H groups in total. The average molecular weight is 573 g/mol. The number of benzene rings is 3. The maximum atomic E-state index is 2.57. The fourth-order valence-corrected chi connectivity index (χ4v) is 9.01. The molecule has 4 aliphatic carbocycles. The Morgan fingerprint density at radius 3 is 2.30 bits per heavy atom. The van der Waals surface area contributed by atoms with Gasteiger partial charge in [-0.2, -0.15) is 0 Å². The van der Waals surface area contributed by atoms with Crippen molar-refractivity contribution in [2.75, 3.05) is 4.90 Å². The van der Waals surface area contributed by atoms with E-state index in [9.17, 15) is 0 Å². The van der Waals surface area contributed by atoms with Crippen molar-refractivity contribution in [2.45, 2.75) is 77.0 Å². The fourth-order valence-electron chi connectivity index (χ4n) is 9.01. The van der Waals surface area contributed by atoms with Crippen molar-refractivity contribution in [3.8, 4) is 0 Å². The largest absolute Gasteiger partial charge is 0.314 e. The van der Waals surface area contributed by atoms with Gasteiger partial charge in [-0.05, 0) is 103 Å². The van der Waals surface area contributed by atoms with Gasteiger partial charge in [0.25, 0.3) is 0 Å². The molecule has 0 unspecified atom stereocenters. The van der Waals surface area contributed by atoms with E-state index in [-0.39, 0.29) is 10.8 Å². The Morgan fingerprint density at radius 2 is 1.43 bits per heavy atom. The van der Waals surface area contributed by atoms with Crippen LogP contribution in [0.3, 0.4) is 0 Å². The average Bonchev–Trinajstić information content (AvgIpc) is 3.49. The Hall–Kier alpha value is -4.30. The standard InChI is InChI=1S/C42H40N2/c1-41(2)33-15-7-5-13-29(33)31-25-32-30-14-6-10-18-37(30)43(40(32)26-36(31)41)27-21-23-28(24-22-27)44-38-19-11-8-16-34(38)42(3,4)35-17-9-12-20-39(35)44/h5-6,8,10-11,13-14,16-21,23,25-26H,7,9,12,15,22,24H2,1-4H3. The van der Waals surface area contributed by atoms with Gasteiger partial charge in [0.2, 0.25) is 0 Å². The zero-order valence-corrected chi connectivity index (χ0v) is 26.4. The number of fused-ring (bicyclic) bond motifs is 7. The molecule has 0 fully saturated rings. The molecular weight excluding hydrogens is 532 g/mol. The molecule has 2 nitrogen and oxygen atoms in total. The van der Waals surface area contributed by atoms with E-state index in [1.807, 2.05) is 0 Å². The first kappa shape index (κ1) is 26.1. The molecular formula is C42H40N2. The highest BCUT2D eigenvalue weighted by Gasteiger charge is 2.41. The van der Waals surface area contributed by atoms with Gasteiger partial charge in [0.05, 0.1) is 11.0 Å². The van der Waals surface area contributed by atoms with Gasteiger partial charge >= 0.3 is 0 Å². The predicted octanol–water partition coefficient (Wildman–Crippen LogP) is 11.1. The summed E-state index contributed by atoms with van der Waals surface area (Å²) in [6.45, 7) is 9.65.